The summed E-state index contributed by atoms with van der Waals surface area (Å²) in [5.74, 6) is 0.403. The van der Waals surface area contributed by atoms with Crippen molar-refractivity contribution >= 4 is 29.3 Å². The minimum atomic E-state index is -0.269. The van der Waals surface area contributed by atoms with Crippen molar-refractivity contribution in [3.8, 4) is 5.75 Å². The quantitative estimate of drug-likeness (QED) is 0.362. The number of benzene rings is 2. The Morgan fingerprint density at radius 3 is 2.79 bits per heavy atom. The molecule has 2 heterocycles. The normalized spacial score (nSPS) is 11.1. The lowest BCUT2D eigenvalue weighted by Crippen LogP contribution is -2.10. The van der Waals surface area contributed by atoms with Gasteiger partial charge in [-0.1, -0.05) is 48.0 Å². The number of ether oxygens (including phenoxy) is 1. The average Bonchev–Trinajstić information content (AvgIpc) is 3.42. The Balaban J connectivity index is 1.35. The molecule has 168 valence electrons. The van der Waals surface area contributed by atoms with E-state index in [-0.39, 0.29) is 5.91 Å². The van der Waals surface area contributed by atoms with Gasteiger partial charge in [-0.05, 0) is 36.8 Å². The maximum Gasteiger partial charge on any atom is 0.248 e. The van der Waals surface area contributed by atoms with Gasteiger partial charge in [0.2, 0.25) is 5.91 Å². The summed E-state index contributed by atoms with van der Waals surface area (Å²) in [6, 6.07) is 19.1. The van der Waals surface area contributed by atoms with Crippen molar-refractivity contribution in [3.63, 3.8) is 0 Å². The fraction of sp³-hybridized carbons (Fsp3) is 0.160. The van der Waals surface area contributed by atoms with Crippen LogP contribution in [0.15, 0.2) is 79.1 Å². The molecule has 33 heavy (non-hydrogen) atoms. The van der Waals surface area contributed by atoms with Crippen molar-refractivity contribution in [3.05, 3.63) is 101 Å². The van der Waals surface area contributed by atoms with Gasteiger partial charge in [-0.15, -0.1) is 0 Å². The number of hydrogen-bond acceptors (Lipinski definition) is 4. The topological polar surface area (TPSA) is 74.0 Å². The summed E-state index contributed by atoms with van der Waals surface area (Å²) in [5.41, 5.74) is 3.22. The molecule has 0 radical (unpaired) electrons. The molecule has 0 unspecified atom stereocenters. The second-order valence-electron chi connectivity index (χ2n) is 7.40. The number of nitrogens with one attached hydrogen (secondary N) is 1. The number of anilines is 1. The van der Waals surface area contributed by atoms with E-state index < -0.39 is 0 Å². The number of nitrogens with zero attached hydrogens (tertiary/aromatic N) is 4. The van der Waals surface area contributed by atoms with Crippen molar-refractivity contribution in [2.45, 2.75) is 20.0 Å². The third-order valence-corrected chi connectivity index (χ3v) is 5.33. The molecule has 4 rings (SSSR count). The molecule has 0 bridgehead atoms. The van der Waals surface area contributed by atoms with E-state index in [1.54, 1.807) is 27.7 Å². The minimum Gasteiger partial charge on any atom is -0.492 e. The summed E-state index contributed by atoms with van der Waals surface area (Å²) < 4.78 is 9.28. The molecule has 0 saturated heterocycles. The van der Waals surface area contributed by atoms with E-state index in [0.717, 1.165) is 16.8 Å². The predicted molar refractivity (Wildman–Crippen MR) is 129 cm³/mol. The SMILES string of the molecule is Cc1nn(Cc2ccccc2)c(Cl)c1/C=C/C(=O)Nc1cccc(OCCn2cccn2)c1. The maximum atomic E-state index is 12.5. The predicted octanol–water partition coefficient (Wildman–Crippen LogP) is 4.82. The third-order valence-electron chi connectivity index (χ3n) is 4.94. The molecule has 4 aromatic rings. The van der Waals surface area contributed by atoms with Crippen molar-refractivity contribution in [2.75, 3.05) is 11.9 Å². The van der Waals surface area contributed by atoms with Crippen LogP contribution in [0.4, 0.5) is 5.69 Å². The highest BCUT2D eigenvalue weighted by atomic mass is 35.5. The summed E-state index contributed by atoms with van der Waals surface area (Å²) in [5, 5.41) is 12.0. The van der Waals surface area contributed by atoms with Gasteiger partial charge in [0.25, 0.3) is 0 Å². The maximum absolute atomic E-state index is 12.5. The van der Waals surface area contributed by atoms with Crippen LogP contribution in [0.3, 0.4) is 0 Å². The lowest BCUT2D eigenvalue weighted by Gasteiger charge is -2.08. The number of aryl methyl sites for hydroxylation is 1. The summed E-state index contributed by atoms with van der Waals surface area (Å²) in [4.78, 5) is 12.5. The Hall–Kier alpha value is -3.84. The molecule has 0 saturated carbocycles. The first-order valence-electron chi connectivity index (χ1n) is 10.5. The molecule has 2 aromatic carbocycles. The second-order valence-corrected chi connectivity index (χ2v) is 7.76. The van der Waals surface area contributed by atoms with Gasteiger partial charge in [0, 0.05) is 35.8 Å². The van der Waals surface area contributed by atoms with Crippen LogP contribution in [0.5, 0.6) is 5.75 Å². The molecule has 2 aromatic heterocycles. The van der Waals surface area contributed by atoms with Gasteiger partial charge < -0.3 is 10.1 Å². The van der Waals surface area contributed by atoms with Gasteiger partial charge >= 0.3 is 0 Å². The minimum absolute atomic E-state index is 0.269. The van der Waals surface area contributed by atoms with Gasteiger partial charge in [-0.2, -0.15) is 10.2 Å². The zero-order valence-corrected chi connectivity index (χ0v) is 18.9. The molecule has 0 fully saturated rings. The molecule has 1 N–H and O–H groups in total. The Morgan fingerprint density at radius 2 is 2.00 bits per heavy atom. The number of carbonyl (C=O) groups excluding carboxylic acids is 1. The average molecular weight is 462 g/mol. The van der Waals surface area contributed by atoms with E-state index in [0.29, 0.717) is 36.3 Å². The van der Waals surface area contributed by atoms with Gasteiger partial charge in [-0.25, -0.2) is 4.68 Å². The highest BCUT2D eigenvalue weighted by molar-refractivity contribution is 6.31. The number of aromatic nitrogens is 4. The molecule has 0 aliphatic heterocycles. The molecule has 0 spiro atoms. The Kier molecular flexibility index (Phi) is 7.22. The standard InChI is InChI=1S/C25H24ClN5O2/c1-19-23(25(26)31(29-19)18-20-7-3-2-4-8-20)11-12-24(32)28-21-9-5-10-22(17-21)33-16-15-30-14-6-13-27-30/h2-14,17H,15-16,18H2,1H3,(H,28,32)/b12-11+. The molecule has 0 atom stereocenters. The lowest BCUT2D eigenvalue weighted by atomic mass is 10.2. The number of rotatable bonds is 9. The molecule has 0 aliphatic rings. The van der Waals surface area contributed by atoms with Gasteiger partial charge in [0.05, 0.1) is 18.8 Å². The third kappa shape index (κ3) is 6.11. The molecular formula is C25H24ClN5O2. The van der Waals surface area contributed by atoms with E-state index in [1.807, 2.05) is 67.7 Å². The summed E-state index contributed by atoms with van der Waals surface area (Å²) in [6.45, 7) is 3.55. The summed E-state index contributed by atoms with van der Waals surface area (Å²) >= 11 is 6.52. The van der Waals surface area contributed by atoms with Crippen LogP contribution < -0.4 is 10.1 Å². The van der Waals surface area contributed by atoms with Crippen LogP contribution in [0.2, 0.25) is 5.15 Å². The van der Waals surface area contributed by atoms with Crippen LogP contribution >= 0.6 is 11.6 Å². The van der Waals surface area contributed by atoms with Crippen LogP contribution in [0, 0.1) is 6.92 Å². The Bertz CT molecular complexity index is 1230. The largest absolute Gasteiger partial charge is 0.492 e. The first-order chi connectivity index (χ1) is 16.1. The molecular weight excluding hydrogens is 438 g/mol. The van der Waals surface area contributed by atoms with Crippen molar-refractivity contribution < 1.29 is 9.53 Å². The second kappa shape index (κ2) is 10.7. The number of hydrogen-bond donors (Lipinski definition) is 1. The van der Waals surface area contributed by atoms with Gasteiger partial charge in [0.1, 0.15) is 17.5 Å². The van der Waals surface area contributed by atoms with E-state index in [4.69, 9.17) is 16.3 Å². The van der Waals surface area contributed by atoms with Crippen LogP contribution in [-0.2, 0) is 17.9 Å². The van der Waals surface area contributed by atoms with Gasteiger partial charge in [-0.3, -0.25) is 9.48 Å². The van der Waals surface area contributed by atoms with Gasteiger partial charge in [0.15, 0.2) is 0 Å². The lowest BCUT2D eigenvalue weighted by molar-refractivity contribution is -0.111. The fourth-order valence-corrected chi connectivity index (χ4v) is 3.61. The van der Waals surface area contributed by atoms with Crippen molar-refractivity contribution in [1.29, 1.82) is 0 Å². The highest BCUT2D eigenvalue weighted by Crippen LogP contribution is 2.23. The zero-order chi connectivity index (χ0) is 23.0. The zero-order valence-electron chi connectivity index (χ0n) is 18.2. The van der Waals surface area contributed by atoms with Crippen LogP contribution in [0.1, 0.15) is 16.8 Å². The van der Waals surface area contributed by atoms with Crippen molar-refractivity contribution in [2.24, 2.45) is 0 Å². The van der Waals surface area contributed by atoms with Crippen molar-refractivity contribution in [1.82, 2.24) is 19.6 Å². The molecule has 0 aliphatic carbocycles. The fourth-order valence-electron chi connectivity index (χ4n) is 3.31. The van der Waals surface area contributed by atoms with Crippen LogP contribution in [-0.4, -0.2) is 32.1 Å². The van der Waals surface area contributed by atoms with E-state index in [2.05, 4.69) is 15.5 Å². The van der Waals surface area contributed by atoms with Crippen LogP contribution in [0.25, 0.3) is 6.08 Å². The Labute approximate surface area is 197 Å². The first kappa shape index (κ1) is 22.4. The molecule has 8 heteroatoms. The summed E-state index contributed by atoms with van der Waals surface area (Å²) in [6.07, 6.45) is 6.75. The molecule has 7 nitrogen and oxygen atoms in total. The Morgan fingerprint density at radius 1 is 1.15 bits per heavy atom. The first-order valence-corrected chi connectivity index (χ1v) is 10.9. The smallest absolute Gasteiger partial charge is 0.248 e. The number of carbonyl (C=O) groups is 1. The monoisotopic (exact) mass is 461 g/mol. The number of halogens is 1. The van der Waals surface area contributed by atoms with E-state index in [1.165, 1.54) is 6.08 Å². The molecule has 1 amide bonds. The summed E-state index contributed by atoms with van der Waals surface area (Å²) in [7, 11) is 0. The highest BCUT2D eigenvalue weighted by Gasteiger charge is 2.12. The number of amides is 1. The van der Waals surface area contributed by atoms with E-state index >= 15 is 0 Å². The van der Waals surface area contributed by atoms with E-state index in [9.17, 15) is 4.79 Å².